The van der Waals surface area contributed by atoms with Crippen LogP contribution in [0.25, 0.3) is 0 Å². The van der Waals surface area contributed by atoms with E-state index >= 15 is 4.39 Å². The Balaban J connectivity index is 1.71. The molecule has 0 radical (unpaired) electrons. The molecule has 8 heteroatoms. The number of amides is 1. The number of carbonyl (C=O) groups excluding carboxylic acids is 1. The van der Waals surface area contributed by atoms with Crippen molar-refractivity contribution in [1.29, 1.82) is 5.41 Å². The minimum Gasteiger partial charge on any atom is -0.490 e. The van der Waals surface area contributed by atoms with Crippen LogP contribution in [0.5, 0.6) is 5.75 Å². The van der Waals surface area contributed by atoms with Gasteiger partial charge in [0, 0.05) is 18.7 Å². The monoisotopic (exact) mass is 431 g/mol. The number of hydrogen-bond donors (Lipinski definition) is 3. The van der Waals surface area contributed by atoms with E-state index in [1.807, 2.05) is 0 Å². The van der Waals surface area contributed by atoms with Crippen LogP contribution < -0.4 is 15.8 Å². The van der Waals surface area contributed by atoms with Crippen LogP contribution in [0.3, 0.4) is 0 Å². The van der Waals surface area contributed by atoms with Crippen molar-refractivity contribution >= 4 is 11.7 Å². The molecular formula is C23H27F2N3O3. The number of amidine groups is 1. The van der Waals surface area contributed by atoms with Crippen molar-refractivity contribution in [1.82, 2.24) is 5.32 Å². The third-order valence-corrected chi connectivity index (χ3v) is 5.14. The Morgan fingerprint density at radius 3 is 2.55 bits per heavy atom. The second kappa shape index (κ2) is 10.3. The summed E-state index contributed by atoms with van der Waals surface area (Å²) in [4.78, 5) is 12.7. The number of benzene rings is 2. The summed E-state index contributed by atoms with van der Waals surface area (Å²) < 4.78 is 40.5. The maximum Gasteiger partial charge on any atom is 0.254 e. The second-order valence-electron chi connectivity index (χ2n) is 7.52. The number of carbonyl (C=O) groups is 1. The van der Waals surface area contributed by atoms with E-state index in [-0.39, 0.29) is 24.7 Å². The SMILES string of the molecule is CCOC(C(=O)NCc1ccc(C(=N)N)cc1)c1c(F)ccc(OCCC2CC2)c1F. The van der Waals surface area contributed by atoms with E-state index in [1.54, 1.807) is 31.2 Å². The van der Waals surface area contributed by atoms with E-state index in [1.165, 1.54) is 6.07 Å². The smallest absolute Gasteiger partial charge is 0.254 e. The van der Waals surface area contributed by atoms with Crippen LogP contribution in [-0.4, -0.2) is 25.0 Å². The Labute approximate surface area is 180 Å². The molecule has 166 valence electrons. The first-order chi connectivity index (χ1) is 14.9. The lowest BCUT2D eigenvalue weighted by atomic mass is 10.1. The lowest BCUT2D eigenvalue weighted by Crippen LogP contribution is -2.31. The topological polar surface area (TPSA) is 97.4 Å². The molecule has 1 fully saturated rings. The van der Waals surface area contributed by atoms with Gasteiger partial charge in [-0.25, -0.2) is 8.78 Å². The molecule has 0 saturated heterocycles. The Morgan fingerprint density at radius 1 is 1.23 bits per heavy atom. The number of rotatable bonds is 11. The van der Waals surface area contributed by atoms with E-state index in [4.69, 9.17) is 20.6 Å². The molecule has 0 aliphatic heterocycles. The summed E-state index contributed by atoms with van der Waals surface area (Å²) in [5.41, 5.74) is 6.27. The predicted octanol–water partition coefficient (Wildman–Crippen LogP) is 3.82. The summed E-state index contributed by atoms with van der Waals surface area (Å²) in [5, 5.41) is 10.1. The van der Waals surface area contributed by atoms with Crippen LogP contribution >= 0.6 is 0 Å². The van der Waals surface area contributed by atoms with E-state index in [0.717, 1.165) is 30.9 Å². The largest absolute Gasteiger partial charge is 0.490 e. The third-order valence-electron chi connectivity index (χ3n) is 5.14. The van der Waals surface area contributed by atoms with Crippen molar-refractivity contribution in [3.63, 3.8) is 0 Å². The third kappa shape index (κ3) is 6.01. The lowest BCUT2D eigenvalue weighted by Gasteiger charge is -2.20. The summed E-state index contributed by atoms with van der Waals surface area (Å²) in [6.07, 6.45) is 1.69. The molecular weight excluding hydrogens is 404 g/mol. The van der Waals surface area contributed by atoms with E-state index < -0.39 is 29.2 Å². The quantitative estimate of drug-likeness (QED) is 0.372. The minimum absolute atomic E-state index is 0.0582. The van der Waals surface area contributed by atoms with E-state index in [9.17, 15) is 9.18 Å². The van der Waals surface area contributed by atoms with Crippen molar-refractivity contribution in [2.45, 2.75) is 38.8 Å². The number of nitrogens with one attached hydrogen (secondary N) is 2. The van der Waals surface area contributed by atoms with Gasteiger partial charge < -0.3 is 20.5 Å². The highest BCUT2D eigenvalue weighted by Gasteiger charge is 2.30. The maximum absolute atomic E-state index is 15.0. The average Bonchev–Trinajstić information content (AvgIpc) is 3.57. The Bertz CT molecular complexity index is 930. The zero-order valence-electron chi connectivity index (χ0n) is 17.4. The van der Waals surface area contributed by atoms with Gasteiger partial charge in [-0.05, 0) is 37.0 Å². The van der Waals surface area contributed by atoms with E-state index in [0.29, 0.717) is 18.1 Å². The van der Waals surface area contributed by atoms with Gasteiger partial charge in [0.15, 0.2) is 17.7 Å². The predicted molar refractivity (Wildman–Crippen MR) is 113 cm³/mol. The number of hydrogen-bond acceptors (Lipinski definition) is 4. The molecule has 4 N–H and O–H groups in total. The fourth-order valence-electron chi connectivity index (χ4n) is 3.18. The molecule has 0 spiro atoms. The van der Waals surface area contributed by atoms with Crippen LogP contribution in [0, 0.1) is 23.0 Å². The fraction of sp³-hybridized carbons (Fsp3) is 0.391. The van der Waals surface area contributed by atoms with Gasteiger partial charge in [0.25, 0.3) is 5.91 Å². The first kappa shape index (κ1) is 22.7. The highest BCUT2D eigenvalue weighted by Crippen LogP contribution is 2.34. The van der Waals surface area contributed by atoms with Gasteiger partial charge in [0.1, 0.15) is 11.7 Å². The molecule has 1 aliphatic carbocycles. The van der Waals surface area contributed by atoms with Crippen molar-refractivity contribution < 1.29 is 23.0 Å². The van der Waals surface area contributed by atoms with Gasteiger partial charge in [0.05, 0.1) is 12.2 Å². The van der Waals surface area contributed by atoms with Crippen molar-refractivity contribution in [2.75, 3.05) is 13.2 Å². The van der Waals surface area contributed by atoms with Gasteiger partial charge in [-0.2, -0.15) is 0 Å². The van der Waals surface area contributed by atoms with Crippen molar-refractivity contribution in [3.05, 3.63) is 64.7 Å². The van der Waals surface area contributed by atoms with Gasteiger partial charge in [-0.1, -0.05) is 37.1 Å². The first-order valence-electron chi connectivity index (χ1n) is 10.3. The van der Waals surface area contributed by atoms with Crippen LogP contribution in [-0.2, 0) is 16.1 Å². The molecule has 6 nitrogen and oxygen atoms in total. The molecule has 31 heavy (non-hydrogen) atoms. The normalized spacial score (nSPS) is 14.2. The summed E-state index contributed by atoms with van der Waals surface area (Å²) in [6.45, 7) is 2.21. The number of halogens is 2. The maximum atomic E-state index is 15.0. The summed E-state index contributed by atoms with van der Waals surface area (Å²) in [6, 6.07) is 9.06. The van der Waals surface area contributed by atoms with E-state index in [2.05, 4.69) is 5.32 Å². The van der Waals surface area contributed by atoms with Crippen LogP contribution in [0.15, 0.2) is 36.4 Å². The molecule has 1 saturated carbocycles. The van der Waals surface area contributed by atoms with Gasteiger partial charge in [-0.3, -0.25) is 10.2 Å². The van der Waals surface area contributed by atoms with Crippen LogP contribution in [0.4, 0.5) is 8.78 Å². The average molecular weight is 431 g/mol. The molecule has 1 aliphatic rings. The van der Waals surface area contributed by atoms with Crippen LogP contribution in [0.1, 0.15) is 49.0 Å². The molecule has 3 rings (SSSR count). The second-order valence-corrected chi connectivity index (χ2v) is 7.52. The van der Waals surface area contributed by atoms with Gasteiger partial charge >= 0.3 is 0 Å². The highest BCUT2D eigenvalue weighted by molar-refractivity contribution is 5.94. The molecule has 2 aromatic carbocycles. The Hall–Kier alpha value is -3.00. The van der Waals surface area contributed by atoms with Crippen molar-refractivity contribution in [3.8, 4) is 5.75 Å². The zero-order chi connectivity index (χ0) is 22.4. The lowest BCUT2D eigenvalue weighted by molar-refractivity contribution is -0.133. The minimum atomic E-state index is -1.45. The summed E-state index contributed by atoms with van der Waals surface area (Å²) in [5.74, 6) is -1.98. The van der Waals surface area contributed by atoms with Gasteiger partial charge in [0.2, 0.25) is 0 Å². The molecule has 0 heterocycles. The Kier molecular flexibility index (Phi) is 7.57. The number of nitrogens with two attached hydrogens (primary N) is 1. The highest BCUT2D eigenvalue weighted by atomic mass is 19.1. The summed E-state index contributed by atoms with van der Waals surface area (Å²) in [7, 11) is 0. The molecule has 2 aromatic rings. The molecule has 0 bridgehead atoms. The van der Waals surface area contributed by atoms with Crippen LogP contribution in [0.2, 0.25) is 0 Å². The zero-order valence-corrected chi connectivity index (χ0v) is 17.4. The molecule has 1 amide bonds. The fourth-order valence-corrected chi connectivity index (χ4v) is 3.18. The molecule has 0 aromatic heterocycles. The number of ether oxygens (including phenoxy) is 2. The molecule has 1 atom stereocenters. The Morgan fingerprint density at radius 2 is 1.94 bits per heavy atom. The molecule has 1 unspecified atom stereocenters. The van der Waals surface area contributed by atoms with Crippen molar-refractivity contribution in [2.24, 2.45) is 11.7 Å². The first-order valence-corrected chi connectivity index (χ1v) is 10.3. The standard InChI is InChI=1S/C23H27F2N3O3/c1-2-30-21(23(29)28-13-15-5-7-16(8-6-15)22(26)27)19-17(24)9-10-18(20(19)25)31-12-11-14-3-4-14/h5-10,14,21H,2-4,11-13H2,1H3,(H3,26,27)(H,28,29). The van der Waals surface area contributed by atoms with Gasteiger partial charge in [-0.15, -0.1) is 0 Å². The summed E-state index contributed by atoms with van der Waals surface area (Å²) >= 11 is 0. The number of nitrogen functional groups attached to an aromatic ring is 1.